The summed E-state index contributed by atoms with van der Waals surface area (Å²) < 4.78 is 24.7. The van der Waals surface area contributed by atoms with Gasteiger partial charge >= 0.3 is 0 Å². The first-order valence-corrected chi connectivity index (χ1v) is 10.5. The highest BCUT2D eigenvalue weighted by molar-refractivity contribution is 7.91. The van der Waals surface area contributed by atoms with Gasteiger partial charge in [-0.3, -0.25) is 4.79 Å². The Hall–Kier alpha value is -1.46. The molecular weight excluding hydrogens is 336 g/mol. The Morgan fingerprint density at radius 3 is 2.56 bits per heavy atom. The quantitative estimate of drug-likeness (QED) is 0.751. The zero-order chi connectivity index (χ0) is 18.7. The molecule has 1 N–H and O–H groups in total. The van der Waals surface area contributed by atoms with Crippen LogP contribution in [0.2, 0.25) is 0 Å². The van der Waals surface area contributed by atoms with Crippen LogP contribution in [0.25, 0.3) is 0 Å². The first kappa shape index (κ1) is 19.9. The Bertz CT molecular complexity index is 723. The zero-order valence-electron chi connectivity index (χ0n) is 15.1. The van der Waals surface area contributed by atoms with Gasteiger partial charge in [-0.2, -0.15) is 0 Å². The third-order valence-corrected chi connectivity index (χ3v) is 7.03. The molecule has 0 saturated heterocycles. The molecule has 25 heavy (non-hydrogen) atoms. The van der Waals surface area contributed by atoms with Gasteiger partial charge in [0, 0.05) is 6.42 Å². The molecule has 1 fully saturated rings. The maximum Gasteiger partial charge on any atom is 0.182 e. The van der Waals surface area contributed by atoms with E-state index in [-0.39, 0.29) is 17.5 Å². The van der Waals surface area contributed by atoms with Gasteiger partial charge in [-0.05, 0) is 43.7 Å². The summed E-state index contributed by atoms with van der Waals surface area (Å²) >= 11 is 0. The number of carbonyl (C=O) groups is 1. The van der Waals surface area contributed by atoms with Crippen molar-refractivity contribution in [2.24, 2.45) is 11.3 Å². The van der Waals surface area contributed by atoms with Crippen LogP contribution < -0.4 is 0 Å². The van der Waals surface area contributed by atoms with Crippen LogP contribution in [-0.4, -0.2) is 31.2 Å². The molecule has 1 aliphatic rings. The zero-order valence-corrected chi connectivity index (χ0v) is 15.9. The Labute approximate surface area is 150 Å². The average molecular weight is 365 g/mol. The lowest BCUT2D eigenvalue weighted by Crippen LogP contribution is -2.45. The maximum atomic E-state index is 12.4. The molecule has 0 radical (unpaired) electrons. The lowest BCUT2D eigenvalue weighted by atomic mass is 9.66. The fourth-order valence-corrected chi connectivity index (χ4v) is 4.94. The Morgan fingerprint density at radius 2 is 1.96 bits per heavy atom. The third-order valence-electron chi connectivity index (χ3n) is 5.25. The average Bonchev–Trinajstić information content (AvgIpc) is 2.53. The van der Waals surface area contributed by atoms with E-state index in [0.29, 0.717) is 42.6 Å². The van der Waals surface area contributed by atoms with E-state index < -0.39 is 21.4 Å². The molecule has 1 saturated carbocycles. The topological polar surface area (TPSA) is 71.4 Å². The van der Waals surface area contributed by atoms with Gasteiger partial charge in [0.2, 0.25) is 0 Å². The van der Waals surface area contributed by atoms with E-state index in [4.69, 9.17) is 0 Å². The van der Waals surface area contributed by atoms with Gasteiger partial charge in [0.05, 0.1) is 22.2 Å². The Morgan fingerprint density at radius 1 is 1.32 bits per heavy atom. The molecule has 0 aliphatic heterocycles. The summed E-state index contributed by atoms with van der Waals surface area (Å²) in [7, 11) is -3.37. The molecule has 2 rings (SSSR count). The molecule has 1 aromatic carbocycles. The van der Waals surface area contributed by atoms with Crippen molar-refractivity contribution >= 4 is 15.6 Å². The number of sulfone groups is 1. The second kappa shape index (κ2) is 7.83. The standard InChI is InChI=1S/C20H28O4S/c1-15(14-25(23,24)17-9-5-4-6-10-17)8-7-11-20(3)18(21)12-16(2)13-19(20)22/h4-6,9-10,16,18,21H,1,7-8,11-14H2,2-3H3/t16-,18+,20-/m0/s1. The SMILES string of the molecule is C=C(CCC[C@]1(C)C(=O)C[C@@H](C)C[C@H]1O)CS(=O)(=O)c1ccccc1. The van der Waals surface area contributed by atoms with Crippen LogP contribution in [-0.2, 0) is 14.6 Å². The van der Waals surface area contributed by atoms with Gasteiger partial charge in [0.25, 0.3) is 0 Å². The fraction of sp³-hybridized carbons (Fsp3) is 0.550. The summed E-state index contributed by atoms with van der Waals surface area (Å²) in [4.78, 5) is 12.6. The van der Waals surface area contributed by atoms with Crippen LogP contribution in [0.3, 0.4) is 0 Å². The number of ketones is 1. The highest BCUT2D eigenvalue weighted by atomic mass is 32.2. The molecule has 5 heteroatoms. The number of aliphatic hydroxyl groups is 1. The van der Waals surface area contributed by atoms with Gasteiger partial charge in [-0.1, -0.05) is 44.2 Å². The maximum absolute atomic E-state index is 12.4. The van der Waals surface area contributed by atoms with Gasteiger partial charge in [0.1, 0.15) is 5.78 Å². The van der Waals surface area contributed by atoms with Crippen molar-refractivity contribution in [3.8, 4) is 0 Å². The number of benzene rings is 1. The van der Waals surface area contributed by atoms with Crippen molar-refractivity contribution in [3.05, 3.63) is 42.5 Å². The van der Waals surface area contributed by atoms with Crippen molar-refractivity contribution in [1.29, 1.82) is 0 Å². The van der Waals surface area contributed by atoms with E-state index in [1.165, 1.54) is 0 Å². The molecule has 0 spiro atoms. The molecule has 4 nitrogen and oxygen atoms in total. The summed E-state index contributed by atoms with van der Waals surface area (Å²) in [5.74, 6) is 0.254. The minimum Gasteiger partial charge on any atom is -0.392 e. The van der Waals surface area contributed by atoms with Crippen LogP contribution in [0, 0.1) is 11.3 Å². The van der Waals surface area contributed by atoms with E-state index in [1.54, 1.807) is 30.3 Å². The molecule has 1 aliphatic carbocycles. The van der Waals surface area contributed by atoms with Crippen LogP contribution >= 0.6 is 0 Å². The minimum absolute atomic E-state index is 0.0821. The van der Waals surface area contributed by atoms with Crippen LogP contribution in [0.5, 0.6) is 0 Å². The molecule has 0 bridgehead atoms. The van der Waals surface area contributed by atoms with Crippen molar-refractivity contribution in [1.82, 2.24) is 0 Å². The van der Waals surface area contributed by atoms with Crippen molar-refractivity contribution < 1.29 is 18.3 Å². The number of aliphatic hydroxyl groups excluding tert-OH is 1. The van der Waals surface area contributed by atoms with Crippen molar-refractivity contribution in [2.45, 2.75) is 57.0 Å². The molecule has 3 atom stereocenters. The molecule has 0 heterocycles. The number of rotatable bonds is 7. The van der Waals surface area contributed by atoms with Crippen LogP contribution in [0.15, 0.2) is 47.4 Å². The summed E-state index contributed by atoms with van der Waals surface area (Å²) in [5, 5.41) is 10.3. The summed E-state index contributed by atoms with van der Waals surface area (Å²) in [5.41, 5.74) is -0.0796. The second-order valence-corrected chi connectivity index (χ2v) is 9.57. The largest absolute Gasteiger partial charge is 0.392 e. The predicted octanol–water partition coefficient (Wildman–Crippen LogP) is 3.55. The smallest absolute Gasteiger partial charge is 0.182 e. The third kappa shape index (κ3) is 4.79. The highest BCUT2D eigenvalue weighted by Gasteiger charge is 2.44. The normalized spacial score (nSPS) is 27.2. The summed E-state index contributed by atoms with van der Waals surface area (Å²) in [6.45, 7) is 7.71. The van der Waals surface area contributed by atoms with E-state index in [0.717, 1.165) is 0 Å². The predicted molar refractivity (Wildman–Crippen MR) is 99.0 cm³/mol. The first-order valence-electron chi connectivity index (χ1n) is 8.81. The molecule has 0 amide bonds. The van der Waals surface area contributed by atoms with Crippen LogP contribution in [0.1, 0.15) is 46.0 Å². The van der Waals surface area contributed by atoms with E-state index in [1.807, 2.05) is 13.8 Å². The second-order valence-electron chi connectivity index (χ2n) is 7.58. The molecule has 138 valence electrons. The number of Topliss-reactive ketones (excluding diaryl/α,β-unsaturated/α-hetero) is 1. The van der Waals surface area contributed by atoms with Gasteiger partial charge < -0.3 is 5.11 Å². The van der Waals surface area contributed by atoms with E-state index >= 15 is 0 Å². The molecule has 0 aromatic heterocycles. The van der Waals surface area contributed by atoms with Gasteiger partial charge in [0.15, 0.2) is 9.84 Å². The summed E-state index contributed by atoms with van der Waals surface area (Å²) in [6.07, 6.45) is 2.28. The highest BCUT2D eigenvalue weighted by Crippen LogP contribution is 2.40. The summed E-state index contributed by atoms with van der Waals surface area (Å²) in [6, 6.07) is 8.35. The van der Waals surface area contributed by atoms with Crippen LogP contribution in [0.4, 0.5) is 0 Å². The van der Waals surface area contributed by atoms with Crippen molar-refractivity contribution in [2.75, 3.05) is 5.75 Å². The molecule has 0 unspecified atom stereocenters. The minimum atomic E-state index is -3.37. The van der Waals surface area contributed by atoms with Gasteiger partial charge in [-0.15, -0.1) is 0 Å². The monoisotopic (exact) mass is 364 g/mol. The van der Waals surface area contributed by atoms with E-state index in [2.05, 4.69) is 6.58 Å². The molecular formula is C20H28O4S. The van der Waals surface area contributed by atoms with E-state index in [9.17, 15) is 18.3 Å². The lowest BCUT2D eigenvalue weighted by molar-refractivity contribution is -0.141. The fourth-order valence-electron chi connectivity index (χ4n) is 3.52. The molecule has 1 aromatic rings. The number of hydrogen-bond acceptors (Lipinski definition) is 4. The Balaban J connectivity index is 1.89. The Kier molecular flexibility index (Phi) is 6.22. The van der Waals surface area contributed by atoms with Gasteiger partial charge in [-0.25, -0.2) is 8.42 Å². The number of hydrogen-bond donors (Lipinski definition) is 1. The lowest BCUT2D eigenvalue weighted by Gasteiger charge is -2.39. The number of carbonyl (C=O) groups excluding carboxylic acids is 1. The van der Waals surface area contributed by atoms with Crippen molar-refractivity contribution in [3.63, 3.8) is 0 Å². The first-order chi connectivity index (χ1) is 11.6.